The monoisotopic (exact) mass is 433 g/mol. The van der Waals surface area contributed by atoms with Gasteiger partial charge in [0.1, 0.15) is 5.84 Å². The van der Waals surface area contributed by atoms with Crippen molar-refractivity contribution in [2.24, 2.45) is 0 Å². The third-order valence-corrected chi connectivity index (χ3v) is 6.28. The summed E-state index contributed by atoms with van der Waals surface area (Å²) in [6.45, 7) is 0. The number of anilines is 1. The third-order valence-electron chi connectivity index (χ3n) is 4.77. The Bertz CT molecular complexity index is 1120. The Morgan fingerprint density at radius 3 is 2.52 bits per heavy atom. The quantitative estimate of drug-likeness (QED) is 0.333. The van der Waals surface area contributed by atoms with Crippen LogP contribution in [0, 0.1) is 10.8 Å². The van der Waals surface area contributed by atoms with Crippen LogP contribution in [0.2, 0.25) is 5.02 Å². The fourth-order valence-electron chi connectivity index (χ4n) is 3.52. The maximum absolute atomic E-state index is 13.3. The number of amidine groups is 2. The summed E-state index contributed by atoms with van der Waals surface area (Å²) in [7, 11) is 0. The molecule has 0 saturated carbocycles. The Kier molecular flexibility index (Phi) is 5.04. The van der Waals surface area contributed by atoms with Gasteiger partial charge in [0, 0.05) is 5.02 Å². The summed E-state index contributed by atoms with van der Waals surface area (Å²) in [5.74, 6) is -1.84. The number of rotatable bonds is 1. The predicted molar refractivity (Wildman–Crippen MR) is 114 cm³/mol. The number of nitrogens with one attached hydrogen (secondary N) is 2. The van der Waals surface area contributed by atoms with Crippen LogP contribution in [0.25, 0.3) is 10.8 Å². The zero-order valence-electron chi connectivity index (χ0n) is 14.9. The van der Waals surface area contributed by atoms with Crippen LogP contribution in [0.3, 0.4) is 0 Å². The van der Waals surface area contributed by atoms with Crippen molar-refractivity contribution in [3.05, 3.63) is 76.8 Å². The second-order valence-electron chi connectivity index (χ2n) is 6.59. The molecule has 29 heavy (non-hydrogen) atoms. The van der Waals surface area contributed by atoms with E-state index < -0.39 is 12.0 Å². The van der Waals surface area contributed by atoms with Gasteiger partial charge >= 0.3 is 6.18 Å². The molecule has 1 heterocycles. The summed E-state index contributed by atoms with van der Waals surface area (Å²) in [6.07, 6.45) is -4.87. The standard InChI is InChI=1S/C21H15ClF3N3S/c22-13-8-9-17-16(10-13)19(15-7-3-5-12-4-1-2-6-14(12)15)29-11-18(26)28(17)20(27)21(23,24)25/h1-10,19,26-27H,11H2/t19-/m1/s1. The third kappa shape index (κ3) is 3.60. The minimum atomic E-state index is -4.87. The fraction of sp³-hybridized carbons (Fsp3) is 0.143. The van der Waals surface area contributed by atoms with E-state index in [2.05, 4.69) is 0 Å². The second-order valence-corrected chi connectivity index (χ2v) is 8.12. The Morgan fingerprint density at radius 1 is 1.03 bits per heavy atom. The number of nitrogens with zero attached hydrogens (tertiary/aromatic N) is 1. The molecule has 4 rings (SSSR count). The molecule has 0 saturated heterocycles. The normalized spacial score (nSPS) is 17.2. The molecule has 0 aliphatic carbocycles. The highest BCUT2D eigenvalue weighted by Crippen LogP contribution is 2.46. The molecule has 3 aromatic carbocycles. The highest BCUT2D eigenvalue weighted by molar-refractivity contribution is 8.00. The molecule has 0 bridgehead atoms. The zero-order chi connectivity index (χ0) is 20.8. The van der Waals surface area contributed by atoms with Crippen LogP contribution in [0.15, 0.2) is 60.7 Å². The van der Waals surface area contributed by atoms with Gasteiger partial charge in [0.25, 0.3) is 0 Å². The van der Waals surface area contributed by atoms with Gasteiger partial charge in [0.05, 0.1) is 16.7 Å². The number of hydrogen-bond acceptors (Lipinski definition) is 3. The second kappa shape index (κ2) is 7.39. The number of benzene rings is 3. The van der Waals surface area contributed by atoms with Gasteiger partial charge in [0.2, 0.25) is 5.84 Å². The van der Waals surface area contributed by atoms with Gasteiger partial charge in [-0.05, 0) is 40.1 Å². The van der Waals surface area contributed by atoms with E-state index in [0.717, 1.165) is 16.3 Å². The molecular weight excluding hydrogens is 419 g/mol. The summed E-state index contributed by atoms with van der Waals surface area (Å²) in [4.78, 5) is 0.670. The first-order valence-corrected chi connectivity index (χ1v) is 10.1. The molecule has 0 aromatic heterocycles. The van der Waals surface area contributed by atoms with Gasteiger partial charge in [-0.1, -0.05) is 54.1 Å². The lowest BCUT2D eigenvalue weighted by molar-refractivity contribution is -0.0604. The Morgan fingerprint density at radius 2 is 1.76 bits per heavy atom. The molecule has 148 valence electrons. The first-order chi connectivity index (χ1) is 13.8. The van der Waals surface area contributed by atoms with Gasteiger partial charge < -0.3 is 0 Å². The van der Waals surface area contributed by atoms with Crippen LogP contribution >= 0.6 is 23.4 Å². The zero-order valence-corrected chi connectivity index (χ0v) is 16.5. The Balaban J connectivity index is 1.94. The van der Waals surface area contributed by atoms with Gasteiger partial charge in [-0.25, -0.2) is 0 Å². The Hall–Kier alpha value is -2.51. The van der Waals surface area contributed by atoms with Crippen molar-refractivity contribution in [1.29, 1.82) is 10.8 Å². The number of thioether (sulfide) groups is 1. The number of halogens is 4. The summed E-state index contributed by atoms with van der Waals surface area (Å²) in [6, 6.07) is 18.2. The average Bonchev–Trinajstić information content (AvgIpc) is 2.82. The molecule has 3 nitrogen and oxygen atoms in total. The largest absolute Gasteiger partial charge is 0.449 e. The average molecular weight is 434 g/mol. The molecule has 3 aromatic rings. The van der Waals surface area contributed by atoms with Crippen LogP contribution in [0.1, 0.15) is 16.4 Å². The van der Waals surface area contributed by atoms with Crippen LogP contribution < -0.4 is 4.90 Å². The van der Waals surface area contributed by atoms with Crippen molar-refractivity contribution in [2.75, 3.05) is 10.7 Å². The molecule has 0 fully saturated rings. The molecule has 0 radical (unpaired) electrons. The number of hydrogen-bond donors (Lipinski definition) is 2. The lowest BCUT2D eigenvalue weighted by atomic mass is 9.96. The van der Waals surface area contributed by atoms with Crippen molar-refractivity contribution in [3.63, 3.8) is 0 Å². The van der Waals surface area contributed by atoms with E-state index in [1.165, 1.54) is 23.9 Å². The highest BCUT2D eigenvalue weighted by Gasteiger charge is 2.43. The number of fused-ring (bicyclic) bond motifs is 2. The fourth-order valence-corrected chi connectivity index (χ4v) is 4.91. The van der Waals surface area contributed by atoms with Crippen LogP contribution in [-0.4, -0.2) is 23.6 Å². The molecule has 2 N–H and O–H groups in total. The van der Waals surface area contributed by atoms with Crippen molar-refractivity contribution in [2.45, 2.75) is 11.4 Å². The Labute approximate surface area is 174 Å². The maximum atomic E-state index is 13.3. The summed E-state index contributed by atoms with van der Waals surface area (Å²) >= 11 is 7.55. The molecule has 1 aliphatic rings. The van der Waals surface area contributed by atoms with E-state index in [4.69, 9.17) is 22.4 Å². The van der Waals surface area contributed by atoms with Crippen LogP contribution in [-0.2, 0) is 0 Å². The SMILES string of the molecule is N=C1CS[C@H](c2cccc3ccccc23)c2cc(Cl)ccc2N1C(=N)C(F)(F)F. The molecule has 1 aliphatic heterocycles. The molecule has 0 spiro atoms. The number of alkyl halides is 3. The topological polar surface area (TPSA) is 50.9 Å². The van der Waals surface area contributed by atoms with E-state index in [0.29, 0.717) is 15.5 Å². The van der Waals surface area contributed by atoms with Gasteiger partial charge in [-0.15, -0.1) is 11.8 Å². The molecule has 1 atom stereocenters. The van der Waals surface area contributed by atoms with E-state index >= 15 is 0 Å². The summed E-state index contributed by atoms with van der Waals surface area (Å²) < 4.78 is 40.0. The van der Waals surface area contributed by atoms with Crippen LogP contribution in [0.4, 0.5) is 18.9 Å². The first-order valence-electron chi connectivity index (χ1n) is 8.69. The minimum absolute atomic E-state index is 0.0264. The minimum Gasteiger partial charge on any atom is -0.287 e. The molecular formula is C21H15ClF3N3S. The maximum Gasteiger partial charge on any atom is 0.449 e. The lowest BCUT2D eigenvalue weighted by Crippen LogP contribution is -2.45. The van der Waals surface area contributed by atoms with Crippen molar-refractivity contribution in [1.82, 2.24) is 0 Å². The summed E-state index contributed by atoms with van der Waals surface area (Å²) in [5, 5.41) is 18.0. The van der Waals surface area contributed by atoms with E-state index in [-0.39, 0.29) is 22.5 Å². The van der Waals surface area contributed by atoms with Crippen molar-refractivity contribution < 1.29 is 13.2 Å². The first kappa shape index (κ1) is 19.8. The van der Waals surface area contributed by atoms with Gasteiger partial charge in [-0.3, -0.25) is 15.7 Å². The lowest BCUT2D eigenvalue weighted by Gasteiger charge is -2.27. The van der Waals surface area contributed by atoms with E-state index in [9.17, 15) is 13.2 Å². The molecule has 0 unspecified atom stereocenters. The van der Waals surface area contributed by atoms with Crippen LogP contribution in [0.5, 0.6) is 0 Å². The van der Waals surface area contributed by atoms with Crippen molar-refractivity contribution >= 4 is 51.5 Å². The molecule has 8 heteroatoms. The summed E-state index contributed by atoms with van der Waals surface area (Å²) in [5.41, 5.74) is 1.64. The van der Waals surface area contributed by atoms with Gasteiger partial charge in [-0.2, -0.15) is 13.2 Å². The van der Waals surface area contributed by atoms with E-state index in [1.807, 2.05) is 42.5 Å². The smallest absolute Gasteiger partial charge is 0.287 e. The molecule has 0 amide bonds. The van der Waals surface area contributed by atoms with Gasteiger partial charge in [0.15, 0.2) is 0 Å². The van der Waals surface area contributed by atoms with Crippen molar-refractivity contribution in [3.8, 4) is 0 Å². The highest BCUT2D eigenvalue weighted by atomic mass is 35.5. The predicted octanol–water partition coefficient (Wildman–Crippen LogP) is 6.65. The van der Waals surface area contributed by atoms with E-state index in [1.54, 1.807) is 6.07 Å².